The molecule has 0 spiro atoms. The molecule has 1 aromatic rings. The van der Waals surface area contributed by atoms with Crippen LogP contribution in [0.2, 0.25) is 0 Å². The SMILES string of the molecule is CCCC(O)C(O)CCc1ccc(OCC)c(OC)c1. The van der Waals surface area contributed by atoms with Crippen LogP contribution in [-0.4, -0.2) is 36.1 Å². The predicted molar refractivity (Wildman–Crippen MR) is 79.4 cm³/mol. The highest BCUT2D eigenvalue weighted by atomic mass is 16.5. The molecule has 0 amide bonds. The molecule has 4 heteroatoms. The van der Waals surface area contributed by atoms with E-state index in [0.29, 0.717) is 31.6 Å². The molecule has 114 valence electrons. The second-order valence-electron chi connectivity index (χ2n) is 4.88. The van der Waals surface area contributed by atoms with Gasteiger partial charge in [-0.2, -0.15) is 0 Å². The fraction of sp³-hybridized carbons (Fsp3) is 0.625. The van der Waals surface area contributed by atoms with Gasteiger partial charge in [0.05, 0.1) is 25.9 Å². The van der Waals surface area contributed by atoms with Crippen molar-refractivity contribution in [2.24, 2.45) is 0 Å². The molecular formula is C16H26O4. The molecule has 0 saturated heterocycles. The lowest BCUT2D eigenvalue weighted by Gasteiger charge is -2.17. The van der Waals surface area contributed by atoms with Crippen molar-refractivity contribution in [1.82, 2.24) is 0 Å². The van der Waals surface area contributed by atoms with Gasteiger partial charge in [-0.05, 0) is 43.9 Å². The minimum atomic E-state index is -0.674. The van der Waals surface area contributed by atoms with Gasteiger partial charge in [-0.3, -0.25) is 0 Å². The first-order chi connectivity index (χ1) is 9.62. The molecule has 0 radical (unpaired) electrons. The monoisotopic (exact) mass is 282 g/mol. The molecule has 0 aromatic heterocycles. The third kappa shape index (κ3) is 5.02. The van der Waals surface area contributed by atoms with Crippen molar-refractivity contribution < 1.29 is 19.7 Å². The summed E-state index contributed by atoms with van der Waals surface area (Å²) in [4.78, 5) is 0. The topological polar surface area (TPSA) is 58.9 Å². The number of hydrogen-bond acceptors (Lipinski definition) is 4. The van der Waals surface area contributed by atoms with Gasteiger partial charge in [0.1, 0.15) is 0 Å². The maximum absolute atomic E-state index is 9.87. The first-order valence-corrected chi connectivity index (χ1v) is 7.28. The first-order valence-electron chi connectivity index (χ1n) is 7.28. The average molecular weight is 282 g/mol. The van der Waals surface area contributed by atoms with Gasteiger partial charge >= 0.3 is 0 Å². The minimum absolute atomic E-state index is 0.540. The molecule has 2 N–H and O–H groups in total. The van der Waals surface area contributed by atoms with Crippen LogP contribution in [0.15, 0.2) is 18.2 Å². The van der Waals surface area contributed by atoms with Crippen molar-refractivity contribution in [2.45, 2.75) is 51.7 Å². The molecule has 20 heavy (non-hydrogen) atoms. The van der Waals surface area contributed by atoms with Crippen LogP contribution in [0.4, 0.5) is 0 Å². The fourth-order valence-electron chi connectivity index (χ4n) is 2.14. The summed E-state index contributed by atoms with van der Waals surface area (Å²) in [5, 5.41) is 19.6. The van der Waals surface area contributed by atoms with Gasteiger partial charge in [0.15, 0.2) is 11.5 Å². The lowest BCUT2D eigenvalue weighted by Crippen LogP contribution is -2.26. The van der Waals surface area contributed by atoms with E-state index in [-0.39, 0.29) is 0 Å². The number of methoxy groups -OCH3 is 1. The van der Waals surface area contributed by atoms with E-state index in [9.17, 15) is 10.2 Å². The van der Waals surface area contributed by atoms with Crippen LogP contribution in [0.25, 0.3) is 0 Å². The molecule has 0 aliphatic rings. The lowest BCUT2D eigenvalue weighted by molar-refractivity contribution is 0.00980. The minimum Gasteiger partial charge on any atom is -0.493 e. The highest BCUT2D eigenvalue weighted by molar-refractivity contribution is 5.43. The van der Waals surface area contributed by atoms with Crippen LogP contribution in [0.5, 0.6) is 11.5 Å². The quantitative estimate of drug-likeness (QED) is 0.731. The molecule has 0 aliphatic carbocycles. The van der Waals surface area contributed by atoms with Crippen molar-refractivity contribution in [3.63, 3.8) is 0 Å². The van der Waals surface area contributed by atoms with Gasteiger partial charge in [-0.15, -0.1) is 0 Å². The van der Waals surface area contributed by atoms with E-state index in [1.165, 1.54) is 0 Å². The molecule has 0 aliphatic heterocycles. The summed E-state index contributed by atoms with van der Waals surface area (Å²) >= 11 is 0. The Hall–Kier alpha value is -1.26. The zero-order valence-corrected chi connectivity index (χ0v) is 12.6. The van der Waals surface area contributed by atoms with Crippen LogP contribution in [-0.2, 0) is 6.42 Å². The summed E-state index contributed by atoms with van der Waals surface area (Å²) < 4.78 is 10.8. The summed E-state index contributed by atoms with van der Waals surface area (Å²) in [6.45, 7) is 4.52. The average Bonchev–Trinajstić information content (AvgIpc) is 2.46. The van der Waals surface area contributed by atoms with E-state index >= 15 is 0 Å². The summed E-state index contributed by atoms with van der Waals surface area (Å²) in [5.41, 5.74) is 1.06. The van der Waals surface area contributed by atoms with Crippen molar-refractivity contribution in [3.05, 3.63) is 23.8 Å². The van der Waals surface area contributed by atoms with E-state index in [1.807, 2.05) is 32.0 Å². The Labute approximate surface area is 121 Å². The maximum Gasteiger partial charge on any atom is 0.161 e. The molecule has 1 aromatic carbocycles. The number of aliphatic hydroxyl groups is 2. The normalized spacial score (nSPS) is 13.8. The van der Waals surface area contributed by atoms with Crippen LogP contribution in [0, 0.1) is 0 Å². The van der Waals surface area contributed by atoms with E-state index in [0.717, 1.165) is 17.7 Å². The molecule has 2 unspecified atom stereocenters. The third-order valence-corrected chi connectivity index (χ3v) is 3.29. The van der Waals surface area contributed by atoms with E-state index < -0.39 is 12.2 Å². The molecule has 0 heterocycles. The van der Waals surface area contributed by atoms with Crippen LogP contribution in [0.1, 0.15) is 38.7 Å². The van der Waals surface area contributed by atoms with Crippen molar-refractivity contribution in [1.29, 1.82) is 0 Å². The fourth-order valence-corrected chi connectivity index (χ4v) is 2.14. The summed E-state index contributed by atoms with van der Waals surface area (Å²) in [5.74, 6) is 1.43. The van der Waals surface area contributed by atoms with Crippen molar-refractivity contribution in [2.75, 3.05) is 13.7 Å². The second kappa shape index (κ2) is 8.82. The van der Waals surface area contributed by atoms with Crippen molar-refractivity contribution >= 4 is 0 Å². The van der Waals surface area contributed by atoms with Gasteiger partial charge in [0.2, 0.25) is 0 Å². The summed E-state index contributed by atoms with van der Waals surface area (Å²) in [6.07, 6.45) is 1.43. The molecule has 2 atom stereocenters. The molecule has 0 saturated carbocycles. The highest BCUT2D eigenvalue weighted by Crippen LogP contribution is 2.28. The number of aryl methyl sites for hydroxylation is 1. The Balaban J connectivity index is 2.60. The Kier molecular flexibility index (Phi) is 7.41. The van der Waals surface area contributed by atoms with E-state index in [4.69, 9.17) is 9.47 Å². The van der Waals surface area contributed by atoms with Crippen LogP contribution >= 0.6 is 0 Å². The van der Waals surface area contributed by atoms with Gasteiger partial charge in [0.25, 0.3) is 0 Å². The number of rotatable bonds is 9. The Morgan fingerprint density at radius 1 is 1.05 bits per heavy atom. The van der Waals surface area contributed by atoms with E-state index in [1.54, 1.807) is 7.11 Å². The largest absolute Gasteiger partial charge is 0.493 e. The number of hydrogen-bond donors (Lipinski definition) is 2. The zero-order chi connectivity index (χ0) is 15.0. The third-order valence-electron chi connectivity index (χ3n) is 3.29. The number of aliphatic hydroxyl groups excluding tert-OH is 2. The molecule has 4 nitrogen and oxygen atoms in total. The zero-order valence-electron chi connectivity index (χ0n) is 12.6. The highest BCUT2D eigenvalue weighted by Gasteiger charge is 2.15. The van der Waals surface area contributed by atoms with Crippen LogP contribution in [0.3, 0.4) is 0 Å². The summed E-state index contributed by atoms with van der Waals surface area (Å²) in [6, 6.07) is 5.77. The number of ether oxygens (including phenoxy) is 2. The van der Waals surface area contributed by atoms with Gasteiger partial charge in [0, 0.05) is 0 Å². The van der Waals surface area contributed by atoms with E-state index in [2.05, 4.69) is 0 Å². The standard InChI is InChI=1S/C16H26O4/c1-4-6-13(17)14(18)9-7-12-8-10-15(20-5-2)16(11-12)19-3/h8,10-11,13-14,17-18H,4-7,9H2,1-3H3. The van der Waals surface area contributed by atoms with Gasteiger partial charge in [-0.25, -0.2) is 0 Å². The molecule has 0 fully saturated rings. The maximum atomic E-state index is 9.87. The second-order valence-corrected chi connectivity index (χ2v) is 4.88. The first kappa shape index (κ1) is 16.8. The molecule has 0 bridgehead atoms. The smallest absolute Gasteiger partial charge is 0.161 e. The number of benzene rings is 1. The van der Waals surface area contributed by atoms with Gasteiger partial charge in [-0.1, -0.05) is 19.4 Å². The van der Waals surface area contributed by atoms with Crippen LogP contribution < -0.4 is 9.47 Å². The Bertz CT molecular complexity index is 392. The summed E-state index contributed by atoms with van der Waals surface area (Å²) in [7, 11) is 1.61. The molecular weight excluding hydrogens is 256 g/mol. The Morgan fingerprint density at radius 2 is 1.75 bits per heavy atom. The lowest BCUT2D eigenvalue weighted by atomic mass is 10.0. The van der Waals surface area contributed by atoms with Crippen molar-refractivity contribution in [3.8, 4) is 11.5 Å². The van der Waals surface area contributed by atoms with Gasteiger partial charge < -0.3 is 19.7 Å². The Morgan fingerprint density at radius 3 is 2.35 bits per heavy atom. The molecule has 1 rings (SSSR count). The predicted octanol–water partition coefficient (Wildman–Crippen LogP) is 2.55.